The van der Waals surface area contributed by atoms with Crippen LogP contribution in [0, 0.1) is 0 Å². The third-order valence-electron chi connectivity index (χ3n) is 13.0. The summed E-state index contributed by atoms with van der Waals surface area (Å²) in [7, 11) is 0. The quantitative estimate of drug-likeness (QED) is 0.157. The first-order valence-corrected chi connectivity index (χ1v) is 21.9. The largest absolute Gasteiger partial charge is 0.311 e. The van der Waals surface area contributed by atoms with Gasteiger partial charge in [0.25, 0.3) is 0 Å². The van der Waals surface area contributed by atoms with Crippen LogP contribution in [-0.4, -0.2) is 13.7 Å². The molecule has 0 aliphatic rings. The SMILES string of the molecule is c1ccc(N(c2ccc(-c3ccc(-n4c5ccccc5c5cc6c(cc54)c4ccccc4n6-c4ccccc4)cc3)cc2)c2ccc(-n3c4ccccc4c4ccccc43)cc2)cc1. The Morgan fingerprint density at radius 1 is 0.219 bits per heavy atom. The van der Waals surface area contributed by atoms with Crippen molar-refractivity contribution in [2.75, 3.05) is 4.90 Å². The smallest absolute Gasteiger partial charge is 0.0548 e. The van der Waals surface area contributed by atoms with Crippen molar-refractivity contribution in [3.63, 3.8) is 0 Å². The van der Waals surface area contributed by atoms with E-state index in [1.54, 1.807) is 0 Å². The summed E-state index contributed by atoms with van der Waals surface area (Å²) in [6.45, 7) is 0. The second kappa shape index (κ2) is 14.5. The summed E-state index contributed by atoms with van der Waals surface area (Å²) in [6, 6.07) is 88.0. The standard InChI is InChI=1S/C60H40N4/c1-3-15-43(16-4-1)61(46-35-37-48(38-36-46)62-55-23-11-7-19-49(55)50-20-8-12-24-56(50)62)45-31-27-41(28-32-45)42-29-33-47(34-30-42)64-58-26-14-10-22-52(58)54-39-59-53(40-60(54)64)51-21-9-13-25-57(51)63(59)44-17-5-2-6-18-44/h1-40H. The molecule has 0 aliphatic heterocycles. The molecule has 0 fully saturated rings. The third-order valence-corrected chi connectivity index (χ3v) is 13.0. The predicted octanol–water partition coefficient (Wildman–Crippen LogP) is 16.1. The molecule has 0 amide bonds. The lowest BCUT2D eigenvalue weighted by Crippen LogP contribution is -2.10. The highest BCUT2D eigenvalue weighted by atomic mass is 15.1. The second-order valence-corrected chi connectivity index (χ2v) is 16.6. The number of nitrogens with zero attached hydrogens (tertiary/aromatic N) is 4. The number of aromatic nitrogens is 3. The molecule has 10 aromatic carbocycles. The highest BCUT2D eigenvalue weighted by Crippen LogP contribution is 2.41. The van der Waals surface area contributed by atoms with Gasteiger partial charge in [-0.15, -0.1) is 0 Å². The fraction of sp³-hybridized carbons (Fsp3) is 0. The minimum Gasteiger partial charge on any atom is -0.311 e. The number of benzene rings is 10. The van der Waals surface area contributed by atoms with Crippen LogP contribution in [0.25, 0.3) is 93.6 Å². The van der Waals surface area contributed by atoms with Gasteiger partial charge in [-0.1, -0.05) is 133 Å². The van der Waals surface area contributed by atoms with Crippen LogP contribution in [0.1, 0.15) is 0 Å². The molecule has 0 N–H and O–H groups in total. The van der Waals surface area contributed by atoms with Crippen molar-refractivity contribution in [3.8, 4) is 28.2 Å². The van der Waals surface area contributed by atoms with E-state index in [0.29, 0.717) is 0 Å². The first-order chi connectivity index (χ1) is 31.8. The maximum absolute atomic E-state index is 2.43. The summed E-state index contributed by atoms with van der Waals surface area (Å²) in [6.07, 6.45) is 0. The lowest BCUT2D eigenvalue weighted by atomic mass is 10.0. The molecule has 64 heavy (non-hydrogen) atoms. The zero-order valence-corrected chi connectivity index (χ0v) is 34.9. The highest BCUT2D eigenvalue weighted by Gasteiger charge is 2.19. The molecule has 3 heterocycles. The van der Waals surface area contributed by atoms with Gasteiger partial charge in [-0.2, -0.15) is 0 Å². The monoisotopic (exact) mass is 816 g/mol. The Labute approximate surface area is 370 Å². The predicted molar refractivity (Wildman–Crippen MR) is 270 cm³/mol. The fourth-order valence-corrected chi connectivity index (χ4v) is 10.1. The molecule has 0 saturated heterocycles. The Kier molecular flexibility index (Phi) is 8.18. The summed E-state index contributed by atoms with van der Waals surface area (Å²) in [5.74, 6) is 0. The van der Waals surface area contributed by atoms with E-state index in [4.69, 9.17) is 0 Å². The summed E-state index contributed by atoms with van der Waals surface area (Å²) in [5.41, 5.74) is 16.3. The average molecular weight is 817 g/mol. The lowest BCUT2D eigenvalue weighted by molar-refractivity contribution is 1.17. The first kappa shape index (κ1) is 36.1. The Morgan fingerprint density at radius 3 is 0.969 bits per heavy atom. The van der Waals surface area contributed by atoms with Crippen molar-refractivity contribution in [3.05, 3.63) is 243 Å². The maximum atomic E-state index is 2.43. The molecular weight excluding hydrogens is 777 g/mol. The van der Waals surface area contributed by atoms with Crippen molar-refractivity contribution in [2.24, 2.45) is 0 Å². The molecule has 0 spiro atoms. The number of rotatable bonds is 7. The van der Waals surface area contributed by atoms with Crippen LogP contribution in [0.5, 0.6) is 0 Å². The van der Waals surface area contributed by atoms with E-state index in [9.17, 15) is 0 Å². The maximum Gasteiger partial charge on any atom is 0.0548 e. The van der Waals surface area contributed by atoms with Crippen molar-refractivity contribution < 1.29 is 0 Å². The molecule has 0 unspecified atom stereocenters. The van der Waals surface area contributed by atoms with Crippen LogP contribution < -0.4 is 4.90 Å². The number of para-hydroxylation sites is 6. The highest BCUT2D eigenvalue weighted by molar-refractivity contribution is 6.19. The molecule has 0 bridgehead atoms. The van der Waals surface area contributed by atoms with Crippen LogP contribution in [0.3, 0.4) is 0 Å². The van der Waals surface area contributed by atoms with Gasteiger partial charge in [0.1, 0.15) is 0 Å². The zero-order chi connectivity index (χ0) is 42.1. The van der Waals surface area contributed by atoms with Gasteiger partial charge in [0.05, 0.1) is 33.1 Å². The Balaban J connectivity index is 0.862. The molecule has 0 aliphatic carbocycles. The molecule has 4 heteroatoms. The number of hydrogen-bond acceptors (Lipinski definition) is 1. The molecule has 13 rings (SSSR count). The molecule has 4 nitrogen and oxygen atoms in total. The van der Waals surface area contributed by atoms with Gasteiger partial charge in [0.15, 0.2) is 0 Å². The summed E-state index contributed by atoms with van der Waals surface area (Å²) >= 11 is 0. The summed E-state index contributed by atoms with van der Waals surface area (Å²) < 4.78 is 7.20. The van der Waals surface area contributed by atoms with E-state index in [0.717, 1.165) is 28.4 Å². The van der Waals surface area contributed by atoms with Gasteiger partial charge in [0.2, 0.25) is 0 Å². The molecule has 13 aromatic rings. The van der Waals surface area contributed by atoms with Gasteiger partial charge >= 0.3 is 0 Å². The molecule has 0 saturated carbocycles. The average Bonchev–Trinajstić information content (AvgIpc) is 4.00. The Bertz CT molecular complexity index is 3800. The van der Waals surface area contributed by atoms with Crippen LogP contribution in [0.15, 0.2) is 243 Å². The van der Waals surface area contributed by atoms with Crippen LogP contribution in [0.2, 0.25) is 0 Å². The first-order valence-electron chi connectivity index (χ1n) is 21.9. The Hall–Kier alpha value is -8.60. The van der Waals surface area contributed by atoms with Crippen molar-refractivity contribution in [2.45, 2.75) is 0 Å². The van der Waals surface area contributed by atoms with E-state index >= 15 is 0 Å². The number of hydrogen-bond donors (Lipinski definition) is 0. The molecule has 0 radical (unpaired) electrons. The van der Waals surface area contributed by atoms with Crippen molar-refractivity contribution >= 4 is 82.5 Å². The fourth-order valence-electron chi connectivity index (χ4n) is 10.1. The zero-order valence-electron chi connectivity index (χ0n) is 34.9. The van der Waals surface area contributed by atoms with Gasteiger partial charge in [0, 0.05) is 66.4 Å². The molecular formula is C60H40N4. The topological polar surface area (TPSA) is 18.0 Å². The van der Waals surface area contributed by atoms with Crippen LogP contribution in [0.4, 0.5) is 17.1 Å². The van der Waals surface area contributed by atoms with Crippen molar-refractivity contribution in [1.29, 1.82) is 0 Å². The van der Waals surface area contributed by atoms with E-state index in [2.05, 4.69) is 261 Å². The molecule has 300 valence electrons. The van der Waals surface area contributed by atoms with Crippen LogP contribution in [-0.2, 0) is 0 Å². The normalized spacial score (nSPS) is 11.8. The minimum atomic E-state index is 1.10. The van der Waals surface area contributed by atoms with Gasteiger partial charge in [-0.25, -0.2) is 0 Å². The summed E-state index contributed by atoms with van der Waals surface area (Å²) in [4.78, 5) is 2.33. The van der Waals surface area contributed by atoms with E-state index in [1.165, 1.54) is 82.2 Å². The van der Waals surface area contributed by atoms with E-state index in [-0.39, 0.29) is 0 Å². The molecule has 0 atom stereocenters. The van der Waals surface area contributed by atoms with Gasteiger partial charge < -0.3 is 18.6 Å². The number of fused-ring (bicyclic) bond motifs is 9. The van der Waals surface area contributed by atoms with Crippen LogP contribution >= 0.6 is 0 Å². The molecule has 3 aromatic heterocycles. The summed E-state index contributed by atoms with van der Waals surface area (Å²) in [5, 5.41) is 7.51. The minimum absolute atomic E-state index is 1.10. The van der Waals surface area contributed by atoms with E-state index in [1.807, 2.05) is 0 Å². The second-order valence-electron chi connectivity index (χ2n) is 16.6. The number of anilines is 3. The van der Waals surface area contributed by atoms with Crippen molar-refractivity contribution in [1.82, 2.24) is 13.7 Å². The van der Waals surface area contributed by atoms with Gasteiger partial charge in [-0.05, 0) is 120 Å². The lowest BCUT2D eigenvalue weighted by Gasteiger charge is -2.26. The van der Waals surface area contributed by atoms with Gasteiger partial charge in [-0.3, -0.25) is 0 Å². The van der Waals surface area contributed by atoms with E-state index < -0.39 is 0 Å². The third kappa shape index (κ3) is 5.63. The Morgan fingerprint density at radius 2 is 0.516 bits per heavy atom.